The van der Waals surface area contributed by atoms with E-state index in [1.54, 1.807) is 0 Å². The van der Waals surface area contributed by atoms with Gasteiger partial charge in [0, 0.05) is 11.1 Å². The fourth-order valence-electron chi connectivity index (χ4n) is 0.795. The lowest BCUT2D eigenvalue weighted by molar-refractivity contribution is -0.141. The van der Waals surface area contributed by atoms with Crippen LogP contribution in [0.5, 0.6) is 0 Å². The highest BCUT2D eigenvalue weighted by Crippen LogP contribution is 2.00. The third-order valence-electron chi connectivity index (χ3n) is 1.18. The first kappa shape index (κ1) is 12.9. The van der Waals surface area contributed by atoms with E-state index in [-0.39, 0.29) is 11.1 Å². The average Bonchev–Trinajstić information content (AvgIpc) is 1.78. The summed E-state index contributed by atoms with van der Waals surface area (Å²) in [4.78, 5) is 22.6. The molecule has 0 aliphatic carbocycles. The van der Waals surface area contributed by atoms with E-state index in [2.05, 4.69) is 10.6 Å². The molecule has 0 saturated carbocycles. The molecular formula is C10H20N2O2. The molecule has 0 atom stereocenters. The van der Waals surface area contributed by atoms with Crippen LogP contribution in [0.15, 0.2) is 0 Å². The number of nitrogens with one attached hydrogen (secondary N) is 2. The first-order valence-electron chi connectivity index (χ1n) is 4.66. The Morgan fingerprint density at radius 3 is 1.07 bits per heavy atom. The van der Waals surface area contributed by atoms with Gasteiger partial charge in [-0.2, -0.15) is 0 Å². The standard InChI is InChI=1S/C10H20N2O2/c1-9(2,3)11-7(13)8(14)12-10(4,5)6/h1-6H3,(H,11,13)(H,12,14). The Bertz CT molecular complexity index is 207. The van der Waals surface area contributed by atoms with Gasteiger partial charge in [-0.1, -0.05) is 0 Å². The van der Waals surface area contributed by atoms with Crippen LogP contribution in [0.4, 0.5) is 0 Å². The van der Waals surface area contributed by atoms with Crippen molar-refractivity contribution in [3.05, 3.63) is 0 Å². The van der Waals surface area contributed by atoms with E-state index >= 15 is 0 Å². The lowest BCUT2D eigenvalue weighted by Crippen LogP contribution is -2.52. The van der Waals surface area contributed by atoms with Crippen molar-refractivity contribution in [3.8, 4) is 0 Å². The van der Waals surface area contributed by atoms with Crippen molar-refractivity contribution in [1.82, 2.24) is 10.6 Å². The van der Waals surface area contributed by atoms with Crippen LogP contribution in [0.2, 0.25) is 0 Å². The van der Waals surface area contributed by atoms with Gasteiger partial charge in [0.1, 0.15) is 0 Å². The summed E-state index contributed by atoms with van der Waals surface area (Å²) in [5.41, 5.74) is -0.765. The highest BCUT2D eigenvalue weighted by molar-refractivity contribution is 6.35. The minimum atomic E-state index is -0.590. The molecule has 82 valence electrons. The summed E-state index contributed by atoms with van der Waals surface area (Å²) in [6, 6.07) is 0. The number of hydrogen-bond donors (Lipinski definition) is 2. The third kappa shape index (κ3) is 6.46. The molecule has 4 nitrogen and oxygen atoms in total. The summed E-state index contributed by atoms with van der Waals surface area (Å²) in [5.74, 6) is -1.18. The van der Waals surface area contributed by atoms with E-state index in [0.29, 0.717) is 0 Å². The fourth-order valence-corrected chi connectivity index (χ4v) is 0.795. The monoisotopic (exact) mass is 200 g/mol. The van der Waals surface area contributed by atoms with Crippen LogP contribution in [0.1, 0.15) is 41.5 Å². The molecule has 4 heteroatoms. The van der Waals surface area contributed by atoms with Gasteiger partial charge in [-0.3, -0.25) is 9.59 Å². The largest absolute Gasteiger partial charge is 0.343 e. The summed E-state index contributed by atoms with van der Waals surface area (Å²) in [6.07, 6.45) is 0. The van der Waals surface area contributed by atoms with Crippen molar-refractivity contribution in [3.63, 3.8) is 0 Å². The third-order valence-corrected chi connectivity index (χ3v) is 1.18. The predicted molar refractivity (Wildman–Crippen MR) is 55.8 cm³/mol. The molecule has 0 aliphatic rings. The first-order chi connectivity index (χ1) is 6.01. The Balaban J connectivity index is 4.22. The van der Waals surface area contributed by atoms with E-state index in [9.17, 15) is 9.59 Å². The fraction of sp³-hybridized carbons (Fsp3) is 0.800. The van der Waals surface area contributed by atoms with E-state index < -0.39 is 11.8 Å². The molecule has 2 N–H and O–H groups in total. The van der Waals surface area contributed by atoms with Crippen molar-refractivity contribution in [2.75, 3.05) is 0 Å². The van der Waals surface area contributed by atoms with Crippen molar-refractivity contribution >= 4 is 11.8 Å². The Kier molecular flexibility index (Phi) is 3.68. The van der Waals surface area contributed by atoms with E-state index in [1.165, 1.54) is 0 Å². The molecule has 0 aromatic heterocycles. The Morgan fingerprint density at radius 1 is 0.714 bits per heavy atom. The molecule has 0 saturated heterocycles. The molecule has 0 unspecified atom stereocenters. The van der Waals surface area contributed by atoms with Gasteiger partial charge in [0.2, 0.25) is 0 Å². The zero-order valence-corrected chi connectivity index (χ0v) is 9.82. The van der Waals surface area contributed by atoms with Gasteiger partial charge in [-0.25, -0.2) is 0 Å². The minimum Gasteiger partial charge on any atom is -0.343 e. The molecular weight excluding hydrogens is 180 g/mol. The van der Waals surface area contributed by atoms with Crippen LogP contribution < -0.4 is 10.6 Å². The lowest BCUT2D eigenvalue weighted by atomic mass is 10.1. The molecule has 0 radical (unpaired) electrons. The van der Waals surface area contributed by atoms with Crippen LogP contribution >= 0.6 is 0 Å². The van der Waals surface area contributed by atoms with E-state index in [4.69, 9.17) is 0 Å². The Hall–Kier alpha value is -1.06. The summed E-state index contributed by atoms with van der Waals surface area (Å²) >= 11 is 0. The zero-order valence-electron chi connectivity index (χ0n) is 9.82. The van der Waals surface area contributed by atoms with Crippen LogP contribution in [0.3, 0.4) is 0 Å². The maximum Gasteiger partial charge on any atom is 0.309 e. The number of rotatable bonds is 0. The number of hydrogen-bond acceptors (Lipinski definition) is 2. The second kappa shape index (κ2) is 3.98. The maximum atomic E-state index is 11.3. The van der Waals surface area contributed by atoms with E-state index in [0.717, 1.165) is 0 Å². The second-order valence-electron chi connectivity index (χ2n) is 5.41. The summed E-state index contributed by atoms with van der Waals surface area (Å²) < 4.78 is 0. The molecule has 0 fully saturated rings. The van der Waals surface area contributed by atoms with Gasteiger partial charge in [0.25, 0.3) is 0 Å². The van der Waals surface area contributed by atoms with Crippen molar-refractivity contribution in [2.24, 2.45) is 0 Å². The van der Waals surface area contributed by atoms with Gasteiger partial charge in [0.15, 0.2) is 0 Å². The Morgan fingerprint density at radius 2 is 0.929 bits per heavy atom. The summed E-state index contributed by atoms with van der Waals surface area (Å²) in [5, 5.41) is 5.18. The lowest BCUT2D eigenvalue weighted by Gasteiger charge is -2.23. The van der Waals surface area contributed by atoms with Gasteiger partial charge in [-0.05, 0) is 41.5 Å². The van der Waals surface area contributed by atoms with Gasteiger partial charge in [-0.15, -0.1) is 0 Å². The second-order valence-corrected chi connectivity index (χ2v) is 5.41. The van der Waals surface area contributed by atoms with Gasteiger partial charge >= 0.3 is 11.8 Å². The molecule has 0 bridgehead atoms. The smallest absolute Gasteiger partial charge is 0.309 e. The van der Waals surface area contributed by atoms with Crippen molar-refractivity contribution < 1.29 is 9.59 Å². The Labute approximate surface area is 85.4 Å². The quantitative estimate of drug-likeness (QED) is 0.569. The zero-order chi connectivity index (χ0) is 11.6. The maximum absolute atomic E-state index is 11.3. The molecule has 0 aliphatic heterocycles. The topological polar surface area (TPSA) is 58.2 Å². The highest BCUT2D eigenvalue weighted by atomic mass is 16.2. The average molecular weight is 200 g/mol. The van der Waals surface area contributed by atoms with Crippen molar-refractivity contribution in [1.29, 1.82) is 0 Å². The number of carbonyl (C=O) groups excluding carboxylic acids is 2. The molecule has 0 aromatic carbocycles. The normalized spacial score (nSPS) is 12.1. The van der Waals surface area contributed by atoms with Crippen LogP contribution in [0.25, 0.3) is 0 Å². The number of amides is 2. The van der Waals surface area contributed by atoms with E-state index in [1.807, 2.05) is 41.5 Å². The number of carbonyl (C=O) groups is 2. The van der Waals surface area contributed by atoms with Gasteiger partial charge < -0.3 is 10.6 Å². The van der Waals surface area contributed by atoms with Crippen LogP contribution in [-0.2, 0) is 9.59 Å². The first-order valence-corrected chi connectivity index (χ1v) is 4.66. The molecule has 0 spiro atoms. The summed E-state index contributed by atoms with van der Waals surface area (Å²) in [7, 11) is 0. The van der Waals surface area contributed by atoms with Crippen molar-refractivity contribution in [2.45, 2.75) is 52.6 Å². The van der Waals surface area contributed by atoms with Crippen LogP contribution in [0, 0.1) is 0 Å². The minimum absolute atomic E-state index is 0.383. The summed E-state index contributed by atoms with van der Waals surface area (Å²) in [6.45, 7) is 11.0. The van der Waals surface area contributed by atoms with Gasteiger partial charge in [0.05, 0.1) is 0 Å². The molecule has 0 heterocycles. The van der Waals surface area contributed by atoms with Crippen LogP contribution in [-0.4, -0.2) is 22.9 Å². The SMILES string of the molecule is CC(C)(C)NC(=O)C(=O)NC(C)(C)C. The molecule has 14 heavy (non-hydrogen) atoms. The molecule has 2 amide bonds. The molecule has 0 aromatic rings. The molecule has 0 rings (SSSR count). The predicted octanol–water partition coefficient (Wildman–Crippen LogP) is 0.816. The highest BCUT2D eigenvalue weighted by Gasteiger charge is 2.23.